The minimum atomic E-state index is 0.0989. The fraction of sp³-hybridized carbons (Fsp3) is 0.733. The van der Waals surface area contributed by atoms with Gasteiger partial charge in [0, 0.05) is 62.8 Å². The smallest absolute Gasteiger partial charge is 0.225 e. The maximum Gasteiger partial charge on any atom is 0.225 e. The van der Waals surface area contributed by atoms with Gasteiger partial charge in [0.2, 0.25) is 5.95 Å². The van der Waals surface area contributed by atoms with Gasteiger partial charge in [-0.25, -0.2) is 9.97 Å². The Labute approximate surface area is 127 Å². The van der Waals surface area contributed by atoms with Gasteiger partial charge >= 0.3 is 0 Å². The maximum atomic E-state index is 8.95. The number of β-amino-alcohol motifs (C(OH)–C–C–N with tert-alkyl or cyclic N) is 1. The molecule has 0 spiro atoms. The summed E-state index contributed by atoms with van der Waals surface area (Å²) < 4.78 is 0. The first-order valence-corrected chi connectivity index (χ1v) is 7.62. The van der Waals surface area contributed by atoms with E-state index in [-0.39, 0.29) is 12.1 Å². The van der Waals surface area contributed by atoms with Crippen LogP contribution in [-0.4, -0.2) is 64.8 Å². The van der Waals surface area contributed by atoms with E-state index < -0.39 is 0 Å². The van der Waals surface area contributed by atoms with E-state index in [1.54, 1.807) is 0 Å². The normalized spacial score (nSPS) is 17.2. The molecular weight excluding hydrogens is 266 g/mol. The lowest BCUT2D eigenvalue weighted by Gasteiger charge is -2.34. The first-order valence-electron chi connectivity index (χ1n) is 7.62. The first kappa shape index (κ1) is 16.1. The Morgan fingerprint density at radius 3 is 2.29 bits per heavy atom. The predicted octanol–water partition coefficient (Wildman–Crippen LogP) is 0.479. The summed E-state index contributed by atoms with van der Waals surface area (Å²) in [5.41, 5.74) is 1.20. The summed E-state index contributed by atoms with van der Waals surface area (Å²) in [6, 6.07) is 0. The topological polar surface area (TPSA) is 64.5 Å². The van der Waals surface area contributed by atoms with Crippen molar-refractivity contribution in [3.8, 4) is 0 Å². The minimum absolute atomic E-state index is 0.0989. The molecule has 0 unspecified atom stereocenters. The molecule has 0 saturated carbocycles. The second kappa shape index (κ2) is 7.15. The van der Waals surface area contributed by atoms with Gasteiger partial charge in [0.15, 0.2) is 0 Å². The van der Waals surface area contributed by atoms with Crippen LogP contribution in [0.1, 0.15) is 26.3 Å². The van der Waals surface area contributed by atoms with E-state index >= 15 is 0 Å². The van der Waals surface area contributed by atoms with E-state index in [1.165, 1.54) is 0 Å². The highest BCUT2D eigenvalue weighted by atomic mass is 16.3. The average Bonchev–Trinajstić information content (AvgIpc) is 2.46. The van der Waals surface area contributed by atoms with Gasteiger partial charge in [-0.3, -0.25) is 4.90 Å². The SMILES string of the molecule is CC(C)(C)NCc1cnc(N2CCN(CCO)CC2)nc1. The maximum absolute atomic E-state index is 8.95. The van der Waals surface area contributed by atoms with Crippen LogP contribution in [0.25, 0.3) is 0 Å². The van der Waals surface area contributed by atoms with E-state index in [9.17, 15) is 0 Å². The summed E-state index contributed by atoms with van der Waals surface area (Å²) in [5.74, 6) is 0.804. The summed E-state index contributed by atoms with van der Waals surface area (Å²) >= 11 is 0. The van der Waals surface area contributed by atoms with Crippen LogP contribution in [-0.2, 0) is 6.54 Å². The molecule has 6 nitrogen and oxygen atoms in total. The molecule has 2 rings (SSSR count). The number of hydrogen-bond donors (Lipinski definition) is 2. The van der Waals surface area contributed by atoms with Crippen molar-refractivity contribution in [2.24, 2.45) is 0 Å². The van der Waals surface area contributed by atoms with E-state index in [0.717, 1.165) is 50.8 Å². The molecule has 1 aliphatic heterocycles. The third-order valence-electron chi connectivity index (χ3n) is 3.59. The largest absolute Gasteiger partial charge is 0.395 e. The van der Waals surface area contributed by atoms with Gasteiger partial charge in [-0.2, -0.15) is 0 Å². The van der Waals surface area contributed by atoms with Crippen LogP contribution in [0.3, 0.4) is 0 Å². The number of piperazine rings is 1. The van der Waals surface area contributed by atoms with E-state index in [0.29, 0.717) is 0 Å². The predicted molar refractivity (Wildman–Crippen MR) is 84.4 cm³/mol. The Balaban J connectivity index is 1.85. The summed E-state index contributed by atoms with van der Waals surface area (Å²) in [6.45, 7) is 12.0. The molecular formula is C15H27N5O. The van der Waals surface area contributed by atoms with Gasteiger partial charge in [-0.1, -0.05) is 0 Å². The molecule has 1 aliphatic rings. The van der Waals surface area contributed by atoms with Crippen molar-refractivity contribution in [1.82, 2.24) is 20.2 Å². The lowest BCUT2D eigenvalue weighted by molar-refractivity contribution is 0.188. The van der Waals surface area contributed by atoms with Crippen LogP contribution in [0.5, 0.6) is 0 Å². The molecule has 0 aromatic carbocycles. The standard InChI is InChI=1S/C15H27N5O/c1-15(2,3)18-12-13-10-16-14(17-11-13)20-6-4-19(5-7-20)8-9-21/h10-11,18,21H,4-9,12H2,1-3H3. The second-order valence-corrected chi connectivity index (χ2v) is 6.55. The average molecular weight is 293 g/mol. The summed E-state index contributed by atoms with van der Waals surface area (Å²) in [5, 5.41) is 12.4. The molecule has 0 aliphatic carbocycles. The Hall–Kier alpha value is -1.24. The molecule has 0 atom stereocenters. The zero-order chi connectivity index (χ0) is 15.3. The Kier molecular flexibility index (Phi) is 5.50. The van der Waals surface area contributed by atoms with Crippen molar-refractivity contribution in [3.63, 3.8) is 0 Å². The van der Waals surface area contributed by atoms with Gasteiger partial charge in [0.25, 0.3) is 0 Å². The van der Waals surface area contributed by atoms with Crippen LogP contribution < -0.4 is 10.2 Å². The molecule has 0 amide bonds. The Bertz CT molecular complexity index is 421. The van der Waals surface area contributed by atoms with Crippen LogP contribution in [0.15, 0.2) is 12.4 Å². The van der Waals surface area contributed by atoms with Crippen molar-refractivity contribution in [2.45, 2.75) is 32.9 Å². The lowest BCUT2D eigenvalue weighted by atomic mass is 10.1. The molecule has 1 aromatic heterocycles. The summed E-state index contributed by atoms with van der Waals surface area (Å²) in [4.78, 5) is 13.4. The molecule has 118 valence electrons. The molecule has 1 aromatic rings. The quantitative estimate of drug-likeness (QED) is 0.823. The molecule has 0 radical (unpaired) electrons. The van der Waals surface area contributed by atoms with E-state index in [2.05, 4.69) is 45.9 Å². The van der Waals surface area contributed by atoms with Crippen molar-refractivity contribution in [1.29, 1.82) is 0 Å². The molecule has 1 saturated heterocycles. The van der Waals surface area contributed by atoms with Crippen LogP contribution in [0, 0.1) is 0 Å². The zero-order valence-electron chi connectivity index (χ0n) is 13.3. The van der Waals surface area contributed by atoms with Gasteiger partial charge in [-0.05, 0) is 20.8 Å². The number of aliphatic hydroxyl groups excluding tert-OH is 1. The molecule has 0 bridgehead atoms. The highest BCUT2D eigenvalue weighted by molar-refractivity contribution is 5.30. The molecule has 21 heavy (non-hydrogen) atoms. The number of nitrogens with one attached hydrogen (secondary N) is 1. The number of aliphatic hydroxyl groups is 1. The first-order chi connectivity index (χ1) is 9.98. The minimum Gasteiger partial charge on any atom is -0.395 e. The van der Waals surface area contributed by atoms with Crippen LogP contribution in [0.2, 0.25) is 0 Å². The van der Waals surface area contributed by atoms with Crippen molar-refractivity contribution in [3.05, 3.63) is 18.0 Å². The molecule has 2 N–H and O–H groups in total. The number of anilines is 1. The third-order valence-corrected chi connectivity index (χ3v) is 3.59. The van der Waals surface area contributed by atoms with Gasteiger partial charge in [0.1, 0.15) is 0 Å². The summed E-state index contributed by atoms with van der Waals surface area (Å²) in [7, 11) is 0. The van der Waals surface area contributed by atoms with Crippen LogP contribution in [0.4, 0.5) is 5.95 Å². The van der Waals surface area contributed by atoms with Crippen molar-refractivity contribution >= 4 is 5.95 Å². The molecule has 2 heterocycles. The fourth-order valence-electron chi connectivity index (χ4n) is 2.28. The number of hydrogen-bond acceptors (Lipinski definition) is 6. The Morgan fingerprint density at radius 1 is 1.14 bits per heavy atom. The highest BCUT2D eigenvalue weighted by Gasteiger charge is 2.18. The fourth-order valence-corrected chi connectivity index (χ4v) is 2.28. The Morgan fingerprint density at radius 2 is 1.76 bits per heavy atom. The zero-order valence-corrected chi connectivity index (χ0v) is 13.3. The van der Waals surface area contributed by atoms with Gasteiger partial charge in [-0.15, -0.1) is 0 Å². The lowest BCUT2D eigenvalue weighted by Crippen LogP contribution is -2.47. The van der Waals surface area contributed by atoms with Crippen molar-refractivity contribution < 1.29 is 5.11 Å². The van der Waals surface area contributed by atoms with Gasteiger partial charge < -0.3 is 15.3 Å². The molecule has 6 heteroatoms. The van der Waals surface area contributed by atoms with E-state index in [4.69, 9.17) is 5.11 Å². The number of aromatic nitrogens is 2. The highest BCUT2D eigenvalue weighted by Crippen LogP contribution is 2.11. The summed E-state index contributed by atoms with van der Waals surface area (Å²) in [6.07, 6.45) is 3.81. The molecule has 1 fully saturated rings. The van der Waals surface area contributed by atoms with Crippen molar-refractivity contribution in [2.75, 3.05) is 44.2 Å². The number of nitrogens with zero attached hydrogens (tertiary/aromatic N) is 4. The monoisotopic (exact) mass is 293 g/mol. The van der Waals surface area contributed by atoms with Gasteiger partial charge in [0.05, 0.1) is 6.61 Å². The van der Waals surface area contributed by atoms with Crippen LogP contribution >= 0.6 is 0 Å². The second-order valence-electron chi connectivity index (χ2n) is 6.55. The third kappa shape index (κ3) is 5.22. The number of rotatable bonds is 5. The van der Waals surface area contributed by atoms with E-state index in [1.807, 2.05) is 12.4 Å².